The Bertz CT molecular complexity index is 1300. The Morgan fingerprint density at radius 3 is 2.43 bits per heavy atom. The van der Waals surface area contributed by atoms with Crippen LogP contribution in [-0.4, -0.2) is 39.0 Å². The van der Waals surface area contributed by atoms with Crippen molar-refractivity contribution >= 4 is 17.4 Å². The number of carboxylic acid groups (broad SMARTS) is 1. The number of ether oxygens (including phenoxy) is 1. The van der Waals surface area contributed by atoms with E-state index >= 15 is 0 Å². The van der Waals surface area contributed by atoms with Crippen LogP contribution in [0.25, 0.3) is 11.4 Å². The minimum atomic E-state index is -4.42. The summed E-state index contributed by atoms with van der Waals surface area (Å²) in [5, 5.41) is 12.3. The zero-order valence-corrected chi connectivity index (χ0v) is 20.3. The third-order valence-corrected chi connectivity index (χ3v) is 5.93. The highest BCUT2D eigenvalue weighted by molar-refractivity contribution is 5.85. The number of carbonyl (C=O) groups is 2. The second kappa shape index (κ2) is 10.2. The molecule has 10 heteroatoms. The van der Waals surface area contributed by atoms with Gasteiger partial charge in [0, 0.05) is 35.9 Å². The van der Waals surface area contributed by atoms with Crippen molar-refractivity contribution in [3.05, 3.63) is 71.5 Å². The standard InChI is InChI=1S/C27H26F3N3O4/c1-26(2,25(35)36)37-22-5-3-4-20(13-22)31-15-21(34)12-18-14-32-24(33-23(18)16-6-7-16)17-8-10-19(11-9-17)27(28,29)30/h3-5,8-11,13-14,16,31H,6-7,12,15H2,1-2H3,(H,35,36). The van der Waals surface area contributed by atoms with Gasteiger partial charge >= 0.3 is 12.1 Å². The third kappa shape index (κ3) is 6.63. The van der Waals surface area contributed by atoms with E-state index in [4.69, 9.17) is 4.74 Å². The molecule has 0 atom stereocenters. The van der Waals surface area contributed by atoms with Gasteiger partial charge in [0.05, 0.1) is 17.8 Å². The molecule has 2 N–H and O–H groups in total. The summed E-state index contributed by atoms with van der Waals surface area (Å²) in [5.74, 6) is -0.318. The molecule has 7 nitrogen and oxygen atoms in total. The zero-order valence-electron chi connectivity index (χ0n) is 20.3. The average molecular weight is 514 g/mol. The Kier molecular flexibility index (Phi) is 7.20. The number of hydrogen-bond acceptors (Lipinski definition) is 6. The Balaban J connectivity index is 1.42. The van der Waals surface area contributed by atoms with Crippen LogP contribution in [0.15, 0.2) is 54.7 Å². The minimum absolute atomic E-state index is 0.0243. The number of halogens is 3. The van der Waals surface area contributed by atoms with E-state index in [1.54, 1.807) is 30.5 Å². The first kappa shape index (κ1) is 26.1. The van der Waals surface area contributed by atoms with E-state index in [0.717, 1.165) is 30.7 Å². The Morgan fingerprint density at radius 1 is 1.11 bits per heavy atom. The van der Waals surface area contributed by atoms with Gasteiger partial charge in [-0.05, 0) is 56.5 Å². The number of carbonyl (C=O) groups excluding carboxylic acids is 1. The number of nitrogens with one attached hydrogen (secondary N) is 1. The molecular weight excluding hydrogens is 487 g/mol. The zero-order chi connectivity index (χ0) is 26.8. The van der Waals surface area contributed by atoms with Crippen molar-refractivity contribution in [2.45, 2.75) is 50.8 Å². The van der Waals surface area contributed by atoms with Gasteiger partial charge in [-0.3, -0.25) is 4.79 Å². The van der Waals surface area contributed by atoms with Crippen molar-refractivity contribution in [3.8, 4) is 17.1 Å². The first-order chi connectivity index (χ1) is 17.4. The number of hydrogen-bond donors (Lipinski definition) is 2. The van der Waals surface area contributed by atoms with Crippen LogP contribution in [0.4, 0.5) is 18.9 Å². The van der Waals surface area contributed by atoms with E-state index in [0.29, 0.717) is 28.4 Å². The van der Waals surface area contributed by atoms with Crippen LogP contribution >= 0.6 is 0 Å². The number of aliphatic carboxylic acids is 1. The first-order valence-corrected chi connectivity index (χ1v) is 11.7. The lowest BCUT2D eigenvalue weighted by Crippen LogP contribution is -2.37. The molecule has 0 spiro atoms. The van der Waals surface area contributed by atoms with Crippen molar-refractivity contribution in [2.75, 3.05) is 11.9 Å². The molecular formula is C27H26F3N3O4. The molecule has 3 aromatic rings. The molecule has 0 unspecified atom stereocenters. The van der Waals surface area contributed by atoms with Crippen molar-refractivity contribution in [1.29, 1.82) is 0 Å². The molecule has 0 bridgehead atoms. The second-order valence-electron chi connectivity index (χ2n) is 9.47. The molecule has 1 aromatic heterocycles. The highest BCUT2D eigenvalue weighted by Gasteiger charge is 2.31. The summed E-state index contributed by atoms with van der Waals surface area (Å²) >= 11 is 0. The summed E-state index contributed by atoms with van der Waals surface area (Å²) in [6.45, 7) is 2.92. The van der Waals surface area contributed by atoms with Crippen molar-refractivity contribution in [2.24, 2.45) is 0 Å². The summed E-state index contributed by atoms with van der Waals surface area (Å²) < 4.78 is 44.1. The fraction of sp³-hybridized carbons (Fsp3) is 0.333. The molecule has 194 valence electrons. The Hall–Kier alpha value is -3.95. The van der Waals surface area contributed by atoms with Crippen LogP contribution in [0.5, 0.6) is 5.75 Å². The maximum Gasteiger partial charge on any atom is 0.416 e. The molecule has 4 rings (SSSR count). The molecule has 0 radical (unpaired) electrons. The monoisotopic (exact) mass is 513 g/mol. The normalized spacial score (nSPS) is 13.8. The summed E-state index contributed by atoms with van der Waals surface area (Å²) in [4.78, 5) is 32.9. The number of Topliss-reactive ketones (excluding diaryl/α,β-unsaturated/α-hetero) is 1. The topological polar surface area (TPSA) is 101 Å². The Morgan fingerprint density at radius 2 is 1.81 bits per heavy atom. The number of rotatable bonds is 10. The van der Waals surface area contributed by atoms with Gasteiger partial charge in [-0.1, -0.05) is 18.2 Å². The molecule has 0 saturated heterocycles. The number of benzene rings is 2. The van der Waals surface area contributed by atoms with Gasteiger partial charge in [-0.15, -0.1) is 0 Å². The van der Waals surface area contributed by atoms with Gasteiger partial charge in [0.2, 0.25) is 0 Å². The fourth-order valence-corrected chi connectivity index (χ4v) is 3.70. The lowest BCUT2D eigenvalue weighted by atomic mass is 10.0. The number of ketones is 1. The number of carboxylic acids is 1. The van der Waals surface area contributed by atoms with E-state index in [1.807, 2.05) is 0 Å². The number of alkyl halides is 3. The Labute approximate surface area is 211 Å². The molecule has 1 aliphatic rings. The van der Waals surface area contributed by atoms with Crippen LogP contribution < -0.4 is 10.1 Å². The third-order valence-electron chi connectivity index (χ3n) is 5.93. The van der Waals surface area contributed by atoms with Gasteiger partial charge < -0.3 is 15.2 Å². The molecule has 1 heterocycles. The van der Waals surface area contributed by atoms with Crippen molar-refractivity contribution in [1.82, 2.24) is 9.97 Å². The lowest BCUT2D eigenvalue weighted by Gasteiger charge is -2.21. The quantitative estimate of drug-likeness (QED) is 0.369. The van der Waals surface area contributed by atoms with E-state index in [1.165, 1.54) is 26.0 Å². The van der Waals surface area contributed by atoms with Gasteiger partial charge in [0.25, 0.3) is 0 Å². The van der Waals surface area contributed by atoms with E-state index in [-0.39, 0.29) is 24.7 Å². The molecule has 2 aromatic carbocycles. The molecule has 1 fully saturated rings. The predicted octanol–water partition coefficient (Wildman–Crippen LogP) is 5.51. The maximum atomic E-state index is 12.9. The highest BCUT2D eigenvalue weighted by Crippen LogP contribution is 2.41. The highest BCUT2D eigenvalue weighted by atomic mass is 19.4. The lowest BCUT2D eigenvalue weighted by molar-refractivity contribution is -0.152. The molecule has 0 aliphatic heterocycles. The SMILES string of the molecule is CC(C)(Oc1cccc(NCC(=O)Cc2cnc(-c3ccc(C(F)(F)F)cc3)nc2C2CC2)c1)C(=O)O. The second-order valence-corrected chi connectivity index (χ2v) is 9.47. The van der Waals surface area contributed by atoms with Crippen molar-refractivity contribution in [3.63, 3.8) is 0 Å². The largest absolute Gasteiger partial charge is 0.478 e. The molecule has 0 amide bonds. The summed E-state index contributed by atoms with van der Waals surface area (Å²) in [6.07, 6.45) is -0.868. The average Bonchev–Trinajstić information content (AvgIpc) is 3.68. The number of aromatic nitrogens is 2. The summed E-state index contributed by atoms with van der Waals surface area (Å²) in [5.41, 5.74) is 0.386. The van der Waals surface area contributed by atoms with Crippen LogP contribution in [0.3, 0.4) is 0 Å². The van der Waals surface area contributed by atoms with Gasteiger partial charge in [-0.2, -0.15) is 13.2 Å². The predicted molar refractivity (Wildman–Crippen MR) is 130 cm³/mol. The van der Waals surface area contributed by atoms with Crippen LogP contribution in [-0.2, 0) is 22.2 Å². The van der Waals surface area contributed by atoms with Crippen molar-refractivity contribution < 1.29 is 32.6 Å². The van der Waals surface area contributed by atoms with E-state index in [2.05, 4.69) is 15.3 Å². The minimum Gasteiger partial charge on any atom is -0.478 e. The van der Waals surface area contributed by atoms with Gasteiger partial charge in [-0.25, -0.2) is 14.8 Å². The molecule has 37 heavy (non-hydrogen) atoms. The van der Waals surface area contributed by atoms with Gasteiger partial charge in [0.15, 0.2) is 17.2 Å². The van der Waals surface area contributed by atoms with Gasteiger partial charge in [0.1, 0.15) is 5.75 Å². The summed E-state index contributed by atoms with van der Waals surface area (Å²) in [7, 11) is 0. The smallest absolute Gasteiger partial charge is 0.416 e. The molecule has 1 aliphatic carbocycles. The van der Waals surface area contributed by atoms with Crippen LogP contribution in [0.2, 0.25) is 0 Å². The van der Waals surface area contributed by atoms with Crippen LogP contribution in [0.1, 0.15) is 49.4 Å². The van der Waals surface area contributed by atoms with E-state index in [9.17, 15) is 27.9 Å². The van der Waals surface area contributed by atoms with E-state index < -0.39 is 23.3 Å². The number of nitrogens with zero attached hydrogens (tertiary/aromatic N) is 2. The number of anilines is 1. The van der Waals surface area contributed by atoms with Crippen LogP contribution in [0, 0.1) is 0 Å². The maximum absolute atomic E-state index is 12.9. The first-order valence-electron chi connectivity index (χ1n) is 11.7. The fourth-order valence-electron chi connectivity index (χ4n) is 3.70. The molecule has 1 saturated carbocycles. The summed E-state index contributed by atoms with van der Waals surface area (Å²) in [6, 6.07) is 11.4.